The van der Waals surface area contributed by atoms with Crippen LogP contribution in [0.4, 0.5) is 24.9 Å². The fraction of sp³-hybridized carbons (Fsp3) is 0.348. The number of benzene rings is 1. The van der Waals surface area contributed by atoms with Crippen molar-refractivity contribution in [1.29, 1.82) is 0 Å². The molecule has 0 spiro atoms. The highest BCUT2D eigenvalue weighted by Gasteiger charge is 2.35. The first-order valence-electron chi connectivity index (χ1n) is 10.5. The Morgan fingerprint density at radius 2 is 1.68 bits per heavy atom. The summed E-state index contributed by atoms with van der Waals surface area (Å²) in [6.45, 7) is 2.85. The average molecular weight is 477 g/mol. The SMILES string of the molecule is C[C@@H](O)[C@@H](C)Nc1nc(NCc2ccc(-c3cc(CO)cc(CO)n3)cc2)ncc1C(F)(F)F. The van der Waals surface area contributed by atoms with Crippen LogP contribution in [-0.4, -0.2) is 42.4 Å². The minimum atomic E-state index is -4.65. The Morgan fingerprint density at radius 1 is 0.971 bits per heavy atom. The van der Waals surface area contributed by atoms with Crippen molar-refractivity contribution in [2.75, 3.05) is 10.6 Å². The van der Waals surface area contributed by atoms with Crippen LogP contribution in [-0.2, 0) is 25.9 Å². The van der Waals surface area contributed by atoms with Gasteiger partial charge in [-0.1, -0.05) is 24.3 Å². The fourth-order valence-electron chi connectivity index (χ4n) is 3.07. The van der Waals surface area contributed by atoms with Crippen LogP contribution in [0.25, 0.3) is 11.3 Å². The number of hydrogen-bond donors (Lipinski definition) is 5. The number of aliphatic hydroxyl groups is 3. The van der Waals surface area contributed by atoms with Gasteiger partial charge >= 0.3 is 6.18 Å². The van der Waals surface area contributed by atoms with Gasteiger partial charge in [0.05, 0.1) is 36.7 Å². The van der Waals surface area contributed by atoms with Crippen LogP contribution < -0.4 is 10.6 Å². The van der Waals surface area contributed by atoms with E-state index in [1.807, 2.05) is 24.3 Å². The van der Waals surface area contributed by atoms with Gasteiger partial charge in [0.2, 0.25) is 5.95 Å². The Hall–Kier alpha value is -3.28. The van der Waals surface area contributed by atoms with Crippen LogP contribution in [0.2, 0.25) is 0 Å². The third-order valence-electron chi connectivity index (χ3n) is 5.17. The number of alkyl halides is 3. The summed E-state index contributed by atoms with van der Waals surface area (Å²) in [6, 6.07) is 9.95. The Labute approximate surface area is 194 Å². The van der Waals surface area contributed by atoms with Crippen molar-refractivity contribution < 1.29 is 28.5 Å². The molecule has 2 heterocycles. The number of hydrogen-bond acceptors (Lipinski definition) is 8. The Balaban J connectivity index is 1.75. The number of aromatic nitrogens is 3. The number of nitrogens with one attached hydrogen (secondary N) is 2. The molecule has 0 aliphatic rings. The monoisotopic (exact) mass is 477 g/mol. The lowest BCUT2D eigenvalue weighted by atomic mass is 10.1. The average Bonchev–Trinajstić information content (AvgIpc) is 2.82. The maximum absolute atomic E-state index is 13.3. The molecule has 0 saturated carbocycles. The molecule has 0 aliphatic carbocycles. The standard InChI is InChI=1S/C23H26F3N5O3/c1-13(14(2)34)29-21-19(23(24,25)26)10-28-22(31-21)27-9-15-3-5-17(6-4-15)20-8-16(11-32)7-18(12-33)30-20/h3-8,10,13-14,32-34H,9,11-12H2,1-2H3,(H2,27,28,29,31)/t13-,14-/m1/s1. The van der Waals surface area contributed by atoms with Gasteiger partial charge in [-0.25, -0.2) is 4.98 Å². The molecule has 1 aromatic carbocycles. The number of rotatable bonds is 9. The lowest BCUT2D eigenvalue weighted by Crippen LogP contribution is -2.30. The summed E-state index contributed by atoms with van der Waals surface area (Å²) in [5.74, 6) is -0.412. The van der Waals surface area contributed by atoms with E-state index in [1.54, 1.807) is 19.1 Å². The van der Waals surface area contributed by atoms with Crippen LogP contribution in [0.1, 0.15) is 36.2 Å². The van der Waals surface area contributed by atoms with Crippen LogP contribution in [0, 0.1) is 0 Å². The van der Waals surface area contributed by atoms with Gasteiger partial charge < -0.3 is 26.0 Å². The maximum atomic E-state index is 13.3. The first-order valence-corrected chi connectivity index (χ1v) is 10.5. The number of pyridine rings is 1. The molecule has 34 heavy (non-hydrogen) atoms. The van der Waals surface area contributed by atoms with Gasteiger partial charge in [-0.05, 0) is 37.1 Å². The van der Waals surface area contributed by atoms with Gasteiger partial charge in [-0.3, -0.25) is 4.98 Å². The molecule has 0 unspecified atom stereocenters. The molecule has 0 radical (unpaired) electrons. The third-order valence-corrected chi connectivity index (χ3v) is 5.17. The Bertz CT molecular complexity index is 1090. The highest BCUT2D eigenvalue weighted by molar-refractivity contribution is 5.60. The molecule has 0 saturated heterocycles. The van der Waals surface area contributed by atoms with E-state index < -0.39 is 29.7 Å². The molecule has 11 heteroatoms. The summed E-state index contributed by atoms with van der Waals surface area (Å²) in [7, 11) is 0. The van der Waals surface area contributed by atoms with E-state index in [0.717, 1.165) is 11.1 Å². The molecule has 0 fully saturated rings. The summed E-state index contributed by atoms with van der Waals surface area (Å²) in [4.78, 5) is 12.1. The van der Waals surface area contributed by atoms with Crippen molar-refractivity contribution in [3.63, 3.8) is 0 Å². The molecule has 0 bridgehead atoms. The van der Waals surface area contributed by atoms with Crippen LogP contribution in [0.15, 0.2) is 42.6 Å². The van der Waals surface area contributed by atoms with Crippen LogP contribution in [0.5, 0.6) is 0 Å². The highest BCUT2D eigenvalue weighted by Crippen LogP contribution is 2.34. The predicted molar refractivity (Wildman–Crippen MR) is 121 cm³/mol. The zero-order valence-corrected chi connectivity index (χ0v) is 18.6. The lowest BCUT2D eigenvalue weighted by molar-refractivity contribution is -0.137. The minimum Gasteiger partial charge on any atom is -0.392 e. The first-order chi connectivity index (χ1) is 16.1. The van der Waals surface area contributed by atoms with Gasteiger partial charge in [0.25, 0.3) is 0 Å². The number of halogens is 3. The molecule has 0 amide bonds. The topological polar surface area (TPSA) is 123 Å². The largest absolute Gasteiger partial charge is 0.421 e. The van der Waals surface area contributed by atoms with Crippen LogP contribution >= 0.6 is 0 Å². The van der Waals surface area contributed by atoms with E-state index in [1.165, 1.54) is 6.92 Å². The second-order valence-electron chi connectivity index (χ2n) is 7.85. The van der Waals surface area contributed by atoms with E-state index >= 15 is 0 Å². The van der Waals surface area contributed by atoms with Gasteiger partial charge in [0, 0.05) is 18.3 Å². The molecular formula is C23H26F3N5O3. The second-order valence-corrected chi connectivity index (χ2v) is 7.85. The molecule has 2 atom stereocenters. The van der Waals surface area contributed by atoms with E-state index in [4.69, 9.17) is 0 Å². The number of aliphatic hydroxyl groups excluding tert-OH is 3. The van der Waals surface area contributed by atoms with Crippen molar-refractivity contribution in [2.24, 2.45) is 0 Å². The molecule has 182 valence electrons. The Kier molecular flexibility index (Phi) is 8.02. The maximum Gasteiger partial charge on any atom is 0.421 e. The smallest absolute Gasteiger partial charge is 0.392 e. The fourth-order valence-corrected chi connectivity index (χ4v) is 3.07. The third kappa shape index (κ3) is 6.40. The minimum absolute atomic E-state index is 0.00210. The Morgan fingerprint density at radius 3 is 2.26 bits per heavy atom. The van der Waals surface area contributed by atoms with Gasteiger partial charge in [0.1, 0.15) is 11.4 Å². The summed E-state index contributed by atoms with van der Waals surface area (Å²) in [5.41, 5.74) is 2.26. The van der Waals surface area contributed by atoms with Crippen molar-refractivity contribution in [1.82, 2.24) is 15.0 Å². The highest BCUT2D eigenvalue weighted by atomic mass is 19.4. The summed E-state index contributed by atoms with van der Waals surface area (Å²) < 4.78 is 40.0. The molecule has 2 aromatic heterocycles. The quantitative estimate of drug-likeness (QED) is 0.318. The van der Waals surface area contributed by atoms with Crippen molar-refractivity contribution in [3.8, 4) is 11.3 Å². The zero-order valence-electron chi connectivity index (χ0n) is 18.6. The number of anilines is 2. The number of nitrogens with zero attached hydrogens (tertiary/aromatic N) is 3. The van der Waals surface area contributed by atoms with E-state index in [9.17, 15) is 28.5 Å². The molecule has 3 rings (SSSR count). The van der Waals surface area contributed by atoms with Gasteiger partial charge in [-0.2, -0.15) is 18.2 Å². The van der Waals surface area contributed by atoms with Crippen molar-refractivity contribution in [3.05, 3.63) is 65.0 Å². The second kappa shape index (κ2) is 10.8. The zero-order chi connectivity index (χ0) is 24.9. The molecule has 0 aliphatic heterocycles. The van der Waals surface area contributed by atoms with Crippen molar-refractivity contribution >= 4 is 11.8 Å². The molecule has 3 aromatic rings. The summed E-state index contributed by atoms with van der Waals surface area (Å²) in [5, 5.41) is 33.9. The van der Waals surface area contributed by atoms with E-state index in [0.29, 0.717) is 23.1 Å². The molecular weight excluding hydrogens is 451 g/mol. The predicted octanol–water partition coefficient (Wildman–Crippen LogP) is 3.34. The molecule has 8 nitrogen and oxygen atoms in total. The van der Waals surface area contributed by atoms with Crippen molar-refractivity contribution in [2.45, 2.75) is 51.9 Å². The molecule has 5 N–H and O–H groups in total. The van der Waals surface area contributed by atoms with E-state index in [-0.39, 0.29) is 25.7 Å². The normalized spacial score (nSPS) is 13.4. The van der Waals surface area contributed by atoms with Gasteiger partial charge in [-0.15, -0.1) is 0 Å². The summed E-state index contributed by atoms with van der Waals surface area (Å²) >= 11 is 0. The van der Waals surface area contributed by atoms with E-state index in [2.05, 4.69) is 25.6 Å². The first kappa shape index (κ1) is 25.3. The van der Waals surface area contributed by atoms with Gasteiger partial charge in [0.15, 0.2) is 0 Å². The summed E-state index contributed by atoms with van der Waals surface area (Å²) in [6.07, 6.45) is -4.83. The van der Waals surface area contributed by atoms with Crippen LogP contribution in [0.3, 0.4) is 0 Å². The lowest BCUT2D eigenvalue weighted by Gasteiger charge is -2.20.